The molecule has 0 saturated carbocycles. The first-order valence-corrected chi connectivity index (χ1v) is 18.1. The van der Waals surface area contributed by atoms with Crippen molar-refractivity contribution in [3.05, 3.63) is 117 Å². The zero-order valence-corrected chi connectivity index (χ0v) is 27.9. The number of nitrogens with zero attached hydrogens (tertiary/aromatic N) is 2. The lowest BCUT2D eigenvalue weighted by atomic mass is 9.71. The van der Waals surface area contributed by atoms with Crippen LogP contribution in [0.3, 0.4) is 0 Å². The van der Waals surface area contributed by atoms with Gasteiger partial charge in [-0.15, -0.1) is 0 Å². The van der Waals surface area contributed by atoms with Crippen LogP contribution < -0.4 is 8.61 Å². The molecule has 0 fully saturated rings. The average Bonchev–Trinajstić information content (AvgIpc) is 2.96. The van der Waals surface area contributed by atoms with E-state index in [2.05, 4.69) is 26.0 Å². The van der Waals surface area contributed by atoms with Crippen LogP contribution in [0.25, 0.3) is 0 Å². The summed E-state index contributed by atoms with van der Waals surface area (Å²) in [5, 5.41) is 0. The molecule has 0 spiro atoms. The zero-order chi connectivity index (χ0) is 31.6. The fraction of sp³-hybridized carbons (Fsp3) is 0.333. The third kappa shape index (κ3) is 5.12. The van der Waals surface area contributed by atoms with Crippen LogP contribution in [0.15, 0.2) is 82.6 Å². The van der Waals surface area contributed by atoms with Crippen molar-refractivity contribution >= 4 is 31.4 Å². The largest absolute Gasteiger partial charge is 0.266 e. The van der Waals surface area contributed by atoms with Crippen molar-refractivity contribution in [2.24, 2.45) is 0 Å². The lowest BCUT2D eigenvalue weighted by molar-refractivity contribution is 0.458. The topological polar surface area (TPSA) is 74.8 Å². The van der Waals surface area contributed by atoms with Gasteiger partial charge in [-0.25, -0.2) is 16.8 Å². The summed E-state index contributed by atoms with van der Waals surface area (Å²) in [4.78, 5) is 0.580. The highest BCUT2D eigenvalue weighted by atomic mass is 32.2. The first kappa shape index (κ1) is 30.4. The number of anilines is 2. The minimum atomic E-state index is -3.77. The quantitative estimate of drug-likeness (QED) is 0.228. The Kier molecular flexibility index (Phi) is 7.65. The third-order valence-corrected chi connectivity index (χ3v) is 12.9. The summed E-state index contributed by atoms with van der Waals surface area (Å²) in [6, 6.07) is 22.4. The van der Waals surface area contributed by atoms with E-state index in [1.807, 2.05) is 64.1 Å². The first-order valence-electron chi connectivity index (χ1n) is 15.2. The lowest BCUT2D eigenvalue weighted by Crippen LogP contribution is -2.41. The molecule has 0 aromatic heterocycles. The second-order valence-electron chi connectivity index (χ2n) is 12.6. The van der Waals surface area contributed by atoms with Gasteiger partial charge < -0.3 is 0 Å². The van der Waals surface area contributed by atoms with E-state index >= 15 is 0 Å². The van der Waals surface area contributed by atoms with E-state index in [1.54, 1.807) is 32.9 Å². The number of hydrogen-bond acceptors (Lipinski definition) is 4. The van der Waals surface area contributed by atoms with E-state index in [4.69, 9.17) is 0 Å². The van der Waals surface area contributed by atoms with E-state index < -0.39 is 20.0 Å². The molecule has 44 heavy (non-hydrogen) atoms. The third-order valence-electron chi connectivity index (χ3n) is 9.29. The van der Waals surface area contributed by atoms with Gasteiger partial charge in [0.25, 0.3) is 20.0 Å². The molecule has 4 aromatic carbocycles. The molecule has 6 nitrogen and oxygen atoms in total. The highest BCUT2D eigenvalue weighted by Gasteiger charge is 2.42. The molecule has 0 saturated heterocycles. The van der Waals surface area contributed by atoms with Gasteiger partial charge >= 0.3 is 0 Å². The Balaban J connectivity index is 1.47. The molecule has 2 aliphatic heterocycles. The minimum Gasteiger partial charge on any atom is -0.266 e. The first-order chi connectivity index (χ1) is 20.8. The maximum absolute atomic E-state index is 14.0. The zero-order valence-electron chi connectivity index (χ0n) is 26.3. The molecule has 0 aliphatic carbocycles. The minimum absolute atomic E-state index is 0.0412. The van der Waals surface area contributed by atoms with Crippen LogP contribution in [0.5, 0.6) is 0 Å². The van der Waals surface area contributed by atoms with Crippen molar-refractivity contribution in [2.45, 2.75) is 76.0 Å². The summed E-state index contributed by atoms with van der Waals surface area (Å²) in [5.41, 5.74) is 9.73. The monoisotopic (exact) mass is 628 g/mol. The molecule has 2 atom stereocenters. The molecule has 8 heteroatoms. The molecule has 4 aromatic rings. The van der Waals surface area contributed by atoms with Gasteiger partial charge in [0, 0.05) is 13.1 Å². The van der Waals surface area contributed by atoms with Crippen molar-refractivity contribution in [1.82, 2.24) is 0 Å². The fourth-order valence-electron chi connectivity index (χ4n) is 7.31. The predicted molar refractivity (Wildman–Crippen MR) is 178 cm³/mol. The van der Waals surface area contributed by atoms with Gasteiger partial charge in [-0.2, -0.15) is 0 Å². The number of hydrogen-bond donors (Lipinski definition) is 0. The fourth-order valence-corrected chi connectivity index (χ4v) is 10.3. The molecule has 2 heterocycles. The van der Waals surface area contributed by atoms with Crippen LogP contribution in [0.4, 0.5) is 11.4 Å². The molecule has 0 N–H and O–H groups in total. The van der Waals surface area contributed by atoms with Crippen LogP contribution >= 0.6 is 0 Å². The van der Waals surface area contributed by atoms with E-state index in [-0.39, 0.29) is 21.6 Å². The Morgan fingerprint density at radius 2 is 0.841 bits per heavy atom. The number of sulfonamides is 2. The summed E-state index contributed by atoms with van der Waals surface area (Å²) in [6.45, 7) is 12.8. The molecule has 0 radical (unpaired) electrons. The Bertz CT molecular complexity index is 1820. The van der Waals surface area contributed by atoms with Gasteiger partial charge in [-0.05, 0) is 136 Å². The van der Waals surface area contributed by atoms with E-state index in [9.17, 15) is 16.8 Å². The van der Waals surface area contributed by atoms with Crippen LogP contribution in [0.2, 0.25) is 0 Å². The second-order valence-corrected chi connectivity index (χ2v) is 16.3. The molecule has 0 bridgehead atoms. The molecular weight excluding hydrogens is 589 g/mol. The average molecular weight is 629 g/mol. The number of fused-ring (bicyclic) bond motifs is 2. The summed E-state index contributed by atoms with van der Waals surface area (Å²) < 4.78 is 59.2. The molecular formula is C36H40N2O4S2. The summed E-state index contributed by atoms with van der Waals surface area (Å²) in [5.74, 6) is 0.0823. The summed E-state index contributed by atoms with van der Waals surface area (Å²) in [7, 11) is -7.54. The van der Waals surface area contributed by atoms with E-state index in [1.165, 1.54) is 0 Å². The van der Waals surface area contributed by atoms with E-state index in [0.717, 1.165) is 55.9 Å². The second kappa shape index (κ2) is 11.1. The SMILES string of the molecule is Cc1ccc(S(=O)(=O)N2CCC(C3CCN(S(=O)(=O)c4ccc(C)cc4)c4cc(C)cc(C)c43)c3c(C)cc(C)cc32)cc1. The van der Waals surface area contributed by atoms with E-state index in [0.29, 0.717) is 25.9 Å². The van der Waals surface area contributed by atoms with Crippen molar-refractivity contribution < 1.29 is 16.8 Å². The van der Waals surface area contributed by atoms with Gasteiger partial charge in [0.2, 0.25) is 0 Å². The Morgan fingerprint density at radius 1 is 0.500 bits per heavy atom. The molecule has 230 valence electrons. The summed E-state index contributed by atoms with van der Waals surface area (Å²) in [6.07, 6.45) is 1.29. The van der Waals surface area contributed by atoms with Crippen molar-refractivity contribution in [1.29, 1.82) is 0 Å². The van der Waals surface area contributed by atoms with Gasteiger partial charge in [0.15, 0.2) is 0 Å². The van der Waals surface area contributed by atoms with Gasteiger partial charge in [0.1, 0.15) is 0 Å². The lowest BCUT2D eigenvalue weighted by Gasteiger charge is -2.44. The Hall–Kier alpha value is -3.62. The normalized spacial score (nSPS) is 18.6. The van der Waals surface area contributed by atoms with Crippen molar-refractivity contribution in [2.75, 3.05) is 21.7 Å². The highest BCUT2D eigenvalue weighted by Crippen LogP contribution is 2.53. The van der Waals surface area contributed by atoms with Crippen molar-refractivity contribution in [3.8, 4) is 0 Å². The van der Waals surface area contributed by atoms with Crippen LogP contribution in [-0.2, 0) is 20.0 Å². The highest BCUT2D eigenvalue weighted by molar-refractivity contribution is 7.93. The van der Waals surface area contributed by atoms with Gasteiger partial charge in [-0.1, -0.05) is 47.5 Å². The van der Waals surface area contributed by atoms with Gasteiger partial charge in [-0.3, -0.25) is 8.61 Å². The molecule has 0 amide bonds. The van der Waals surface area contributed by atoms with Crippen LogP contribution in [0.1, 0.15) is 69.2 Å². The Labute approximate surface area is 262 Å². The number of benzene rings is 4. The number of rotatable bonds is 5. The predicted octanol–water partition coefficient (Wildman–Crippen LogP) is 7.60. The standard InChI is InChI=1S/C36H40N2O4S2/c1-23-7-11-29(12-8-23)43(39,40)37-17-15-31(35-27(5)19-25(3)21-33(35)37)32-16-18-38(34-22-26(4)20-28(6)36(32)34)44(41,42)30-13-9-24(2)10-14-30/h7-14,19-22,31-32H,15-18H2,1-6H3. The smallest absolute Gasteiger partial charge is 0.264 e. The summed E-state index contributed by atoms with van der Waals surface area (Å²) >= 11 is 0. The molecule has 2 aliphatic rings. The molecule has 2 unspecified atom stereocenters. The maximum Gasteiger partial charge on any atom is 0.264 e. The molecule has 6 rings (SSSR count). The Morgan fingerprint density at radius 3 is 1.18 bits per heavy atom. The van der Waals surface area contributed by atoms with Crippen LogP contribution in [0, 0.1) is 41.5 Å². The van der Waals surface area contributed by atoms with Crippen molar-refractivity contribution in [3.63, 3.8) is 0 Å². The maximum atomic E-state index is 14.0. The number of aryl methyl sites for hydroxylation is 6. The van der Waals surface area contributed by atoms with Crippen LogP contribution in [-0.4, -0.2) is 29.9 Å². The van der Waals surface area contributed by atoms with Gasteiger partial charge in [0.05, 0.1) is 21.2 Å².